The number of ether oxygens (including phenoxy) is 1. The maximum atomic E-state index is 12.4. The van der Waals surface area contributed by atoms with Crippen LogP contribution in [0.1, 0.15) is 48.0 Å². The lowest BCUT2D eigenvalue weighted by molar-refractivity contribution is -0.0698. The molecule has 160 valence electrons. The summed E-state index contributed by atoms with van der Waals surface area (Å²) in [5, 5.41) is 0.118. The second-order valence-corrected chi connectivity index (χ2v) is 15.7. The Hall–Kier alpha value is -0.243. The van der Waals surface area contributed by atoms with Crippen LogP contribution in [0.15, 0.2) is 0 Å². The zero-order chi connectivity index (χ0) is 21.5. The maximum Gasteiger partial charge on any atom is 0.457 e. The van der Waals surface area contributed by atoms with Crippen LogP contribution in [0.25, 0.3) is 0 Å². The molecule has 0 bridgehead atoms. The number of hydrogen-bond donors (Lipinski definition) is 1. The van der Waals surface area contributed by atoms with Gasteiger partial charge >= 0.3 is 6.18 Å². The molecule has 0 amide bonds. The summed E-state index contributed by atoms with van der Waals surface area (Å²) in [5.41, 5.74) is 0. The number of nitrogens with one attached hydrogen (secondary N) is 1. The van der Waals surface area contributed by atoms with E-state index in [0.717, 1.165) is 0 Å². The summed E-state index contributed by atoms with van der Waals surface area (Å²) in [6.07, 6.45) is -3.96. The molecule has 0 heterocycles. The van der Waals surface area contributed by atoms with Crippen LogP contribution in [0.5, 0.6) is 0 Å². The molecule has 1 unspecified atom stereocenters. The highest BCUT2D eigenvalue weighted by molar-refractivity contribution is 7.90. The van der Waals surface area contributed by atoms with Crippen LogP contribution < -0.4 is 4.72 Å². The fourth-order valence-corrected chi connectivity index (χ4v) is 3.31. The van der Waals surface area contributed by atoms with Crippen molar-refractivity contribution in [2.75, 3.05) is 19.8 Å². The Morgan fingerprint density at radius 3 is 2.07 bits per heavy atom. The largest absolute Gasteiger partial charge is 0.598 e. The Morgan fingerprint density at radius 2 is 1.63 bits per heavy atom. The molecule has 0 aromatic heterocycles. The summed E-state index contributed by atoms with van der Waals surface area (Å²) >= 11 is -1.55. The second kappa shape index (κ2) is 10.5. The number of halogens is 3. The van der Waals surface area contributed by atoms with Crippen LogP contribution >= 0.6 is 0 Å². The van der Waals surface area contributed by atoms with E-state index in [-0.39, 0.29) is 11.6 Å². The van der Waals surface area contributed by atoms with E-state index in [0.29, 0.717) is 19.6 Å². The topological polar surface area (TPSA) is 53.5 Å². The van der Waals surface area contributed by atoms with Gasteiger partial charge in [-0.2, -0.15) is 13.2 Å². The van der Waals surface area contributed by atoms with Gasteiger partial charge in [0.25, 0.3) is 0 Å². The lowest BCUT2D eigenvalue weighted by Gasteiger charge is -2.36. The quantitative estimate of drug-likeness (QED) is 0.255. The predicted molar refractivity (Wildman–Crippen MR) is 107 cm³/mol. The lowest BCUT2D eigenvalue weighted by atomic mass is 10.2. The standard InChI is InChI=1S/C18H34F3NO3SSi/c1-16(2,3)26(23)22-15(10-11-18(19,20)21)14-24-12-9-13-25-27(7,8)17(4,5)6/h15,22H,9,12-14H2,1-8H3/t15?,26-/m1/s1. The molecule has 0 radical (unpaired) electrons. The molecule has 0 aliphatic heterocycles. The average Bonchev–Trinajstić information content (AvgIpc) is 2.44. The van der Waals surface area contributed by atoms with E-state index < -0.39 is 36.6 Å². The van der Waals surface area contributed by atoms with E-state index in [1.54, 1.807) is 20.8 Å². The van der Waals surface area contributed by atoms with E-state index in [9.17, 15) is 17.7 Å². The second-order valence-electron chi connectivity index (χ2n) is 8.86. The zero-order valence-electron chi connectivity index (χ0n) is 17.7. The molecule has 0 saturated carbocycles. The molecule has 0 fully saturated rings. The first-order valence-corrected chi connectivity index (χ1v) is 13.0. The summed E-state index contributed by atoms with van der Waals surface area (Å²) in [5.74, 6) is 3.29. The van der Waals surface area contributed by atoms with E-state index >= 15 is 0 Å². The third-order valence-electron chi connectivity index (χ3n) is 4.18. The minimum absolute atomic E-state index is 0.0784. The van der Waals surface area contributed by atoms with Crippen molar-refractivity contribution in [2.24, 2.45) is 0 Å². The highest BCUT2D eigenvalue weighted by Crippen LogP contribution is 2.36. The van der Waals surface area contributed by atoms with Crippen LogP contribution in [0.4, 0.5) is 13.2 Å². The van der Waals surface area contributed by atoms with E-state index in [1.165, 1.54) is 5.92 Å². The van der Waals surface area contributed by atoms with Gasteiger partial charge in [-0.15, -0.1) is 4.72 Å². The molecule has 0 aliphatic rings. The van der Waals surface area contributed by atoms with Crippen molar-refractivity contribution >= 4 is 19.7 Å². The first kappa shape index (κ1) is 26.8. The van der Waals surface area contributed by atoms with Crippen molar-refractivity contribution in [3.05, 3.63) is 0 Å². The van der Waals surface area contributed by atoms with Crippen molar-refractivity contribution in [3.8, 4) is 11.8 Å². The summed E-state index contributed by atoms with van der Waals surface area (Å²) in [6.45, 7) is 16.7. The normalized spacial score (nSPS) is 15.9. The molecule has 0 aliphatic carbocycles. The molecule has 0 spiro atoms. The summed E-state index contributed by atoms with van der Waals surface area (Å²) in [4.78, 5) is 0. The Balaban J connectivity index is 4.50. The van der Waals surface area contributed by atoms with Crippen LogP contribution in [0, 0.1) is 11.8 Å². The molecule has 9 heteroatoms. The molecule has 0 aromatic rings. The molecular formula is C18H34F3NO3SSi. The van der Waals surface area contributed by atoms with Crippen LogP contribution in [0.2, 0.25) is 18.1 Å². The van der Waals surface area contributed by atoms with Crippen molar-refractivity contribution < 1.29 is 26.9 Å². The smallest absolute Gasteiger partial charge is 0.457 e. The Morgan fingerprint density at radius 1 is 1.07 bits per heavy atom. The van der Waals surface area contributed by atoms with E-state index in [2.05, 4.69) is 44.5 Å². The molecule has 0 rings (SSSR count). The minimum atomic E-state index is -4.60. The predicted octanol–water partition coefficient (Wildman–Crippen LogP) is 4.40. The molecule has 1 N–H and O–H groups in total. The van der Waals surface area contributed by atoms with Crippen molar-refractivity contribution in [3.63, 3.8) is 0 Å². The SMILES string of the molecule is CC(C)(C)[S@@+]([O-])NC(C#CC(F)(F)F)COCCCO[Si](C)(C)C(C)(C)C. The number of hydrogen-bond acceptors (Lipinski definition) is 4. The summed E-state index contributed by atoms with van der Waals surface area (Å²) in [7, 11) is -1.82. The maximum absolute atomic E-state index is 12.4. The minimum Gasteiger partial charge on any atom is -0.598 e. The van der Waals surface area contributed by atoms with Crippen molar-refractivity contribution in [1.82, 2.24) is 4.72 Å². The van der Waals surface area contributed by atoms with Gasteiger partial charge in [0.15, 0.2) is 8.32 Å². The van der Waals surface area contributed by atoms with Gasteiger partial charge in [-0.25, -0.2) is 0 Å². The first-order chi connectivity index (χ1) is 12.0. The van der Waals surface area contributed by atoms with Gasteiger partial charge < -0.3 is 13.7 Å². The van der Waals surface area contributed by atoms with E-state index in [1.807, 2.05) is 0 Å². The first-order valence-electron chi connectivity index (χ1n) is 8.95. The van der Waals surface area contributed by atoms with Gasteiger partial charge in [-0.05, 0) is 45.3 Å². The summed E-state index contributed by atoms with van der Waals surface area (Å²) in [6, 6.07) is -0.965. The molecule has 4 nitrogen and oxygen atoms in total. The number of alkyl halides is 3. The highest BCUT2D eigenvalue weighted by atomic mass is 32.2. The monoisotopic (exact) mass is 429 g/mol. The molecule has 27 heavy (non-hydrogen) atoms. The highest BCUT2D eigenvalue weighted by Gasteiger charge is 2.36. The average molecular weight is 430 g/mol. The van der Waals surface area contributed by atoms with Crippen molar-refractivity contribution in [2.45, 2.75) is 83.1 Å². The Bertz CT molecular complexity index is 505. The molecular weight excluding hydrogens is 395 g/mol. The molecule has 2 atom stereocenters. The van der Waals surface area contributed by atoms with Gasteiger partial charge in [0.05, 0.1) is 6.61 Å². The Kier molecular flexibility index (Phi) is 10.4. The lowest BCUT2D eigenvalue weighted by Crippen LogP contribution is -2.46. The van der Waals surface area contributed by atoms with Gasteiger partial charge in [0, 0.05) is 30.5 Å². The van der Waals surface area contributed by atoms with Crippen molar-refractivity contribution in [1.29, 1.82) is 0 Å². The van der Waals surface area contributed by atoms with E-state index in [4.69, 9.17) is 9.16 Å². The summed E-state index contributed by atoms with van der Waals surface area (Å²) < 4.78 is 62.6. The van der Waals surface area contributed by atoms with Gasteiger partial charge in [-0.3, -0.25) is 0 Å². The third-order valence-corrected chi connectivity index (χ3v) is 10.3. The van der Waals surface area contributed by atoms with Crippen LogP contribution in [-0.2, 0) is 20.5 Å². The van der Waals surface area contributed by atoms with Gasteiger partial charge in [0.1, 0.15) is 10.8 Å². The van der Waals surface area contributed by atoms with Gasteiger partial charge in [-0.1, -0.05) is 26.7 Å². The fourth-order valence-electron chi connectivity index (χ4n) is 1.49. The number of rotatable bonds is 9. The zero-order valence-corrected chi connectivity index (χ0v) is 19.5. The van der Waals surface area contributed by atoms with Gasteiger partial charge in [0.2, 0.25) is 0 Å². The Labute approximate surface area is 166 Å². The molecule has 0 saturated heterocycles. The van der Waals surface area contributed by atoms with Crippen LogP contribution in [0.3, 0.4) is 0 Å². The molecule has 0 aromatic carbocycles. The third kappa shape index (κ3) is 12.0. The van der Waals surface area contributed by atoms with Crippen LogP contribution in [-0.4, -0.2) is 49.7 Å². The fraction of sp³-hybridized carbons (Fsp3) is 0.889.